The lowest BCUT2D eigenvalue weighted by atomic mass is 10.1. The monoisotopic (exact) mass is 436 g/mol. The van der Waals surface area contributed by atoms with Gasteiger partial charge in [-0.25, -0.2) is 4.99 Å². The van der Waals surface area contributed by atoms with Gasteiger partial charge in [0.15, 0.2) is 5.96 Å². The number of anilines is 1. The number of likely N-dealkylation sites (tertiary alicyclic amines) is 1. The number of nitrogens with zero attached hydrogens (tertiary/aromatic N) is 3. The summed E-state index contributed by atoms with van der Waals surface area (Å²) in [6.07, 6.45) is 7.56. The summed E-state index contributed by atoms with van der Waals surface area (Å²) >= 11 is 0. The maximum absolute atomic E-state index is 4.85. The van der Waals surface area contributed by atoms with Crippen LogP contribution in [0.25, 0.3) is 0 Å². The number of halogens is 1. The predicted octanol–water partition coefficient (Wildman–Crippen LogP) is 4.46. The third-order valence-electron chi connectivity index (χ3n) is 4.03. The topological polar surface area (TPSA) is 40.5 Å². The summed E-state index contributed by atoms with van der Waals surface area (Å²) in [7, 11) is 0. The fraction of sp³-hybridized carbons (Fsp3) is 0.368. The molecule has 0 amide bonds. The van der Waals surface area contributed by atoms with E-state index in [-0.39, 0.29) is 24.0 Å². The molecule has 0 unspecified atom stereocenters. The number of guanidine groups is 1. The van der Waals surface area contributed by atoms with Gasteiger partial charge in [0, 0.05) is 31.2 Å². The van der Waals surface area contributed by atoms with Gasteiger partial charge in [0.05, 0.1) is 6.54 Å². The van der Waals surface area contributed by atoms with Crippen molar-refractivity contribution in [3.63, 3.8) is 0 Å². The van der Waals surface area contributed by atoms with Crippen LogP contribution in [0.15, 0.2) is 53.8 Å². The normalized spacial score (nSPS) is 14.9. The van der Waals surface area contributed by atoms with Crippen molar-refractivity contribution in [1.82, 2.24) is 9.88 Å². The van der Waals surface area contributed by atoms with E-state index < -0.39 is 0 Å². The number of hydrogen-bond acceptors (Lipinski definition) is 2. The van der Waals surface area contributed by atoms with Gasteiger partial charge in [-0.1, -0.05) is 24.3 Å². The van der Waals surface area contributed by atoms with Crippen LogP contribution in [0.4, 0.5) is 5.69 Å². The maximum Gasteiger partial charge on any atom is 0.198 e. The van der Waals surface area contributed by atoms with E-state index >= 15 is 0 Å². The Kier molecular flexibility index (Phi) is 7.49. The lowest BCUT2D eigenvalue weighted by molar-refractivity contribution is 0.340. The fourth-order valence-corrected chi connectivity index (χ4v) is 2.85. The Hall–Kier alpha value is -1.63. The molecule has 0 radical (unpaired) electrons. The van der Waals surface area contributed by atoms with Crippen LogP contribution in [0.3, 0.4) is 0 Å². The Bertz CT molecular complexity index is 651. The zero-order valence-corrected chi connectivity index (χ0v) is 16.4. The second-order valence-electron chi connectivity index (χ2n) is 6.05. The van der Waals surface area contributed by atoms with Gasteiger partial charge in [-0.3, -0.25) is 4.98 Å². The number of benzene rings is 1. The molecule has 1 saturated heterocycles. The lowest BCUT2D eigenvalue weighted by Gasteiger charge is -2.30. The van der Waals surface area contributed by atoms with E-state index in [1.54, 1.807) is 0 Å². The van der Waals surface area contributed by atoms with E-state index in [9.17, 15) is 0 Å². The summed E-state index contributed by atoms with van der Waals surface area (Å²) in [4.78, 5) is 11.5. The SMILES string of the molecule is Cc1cncc(CN=C(Nc2ccccc2)N2CCCCC2)c1.I. The van der Waals surface area contributed by atoms with E-state index in [0.29, 0.717) is 6.54 Å². The smallest absolute Gasteiger partial charge is 0.198 e. The van der Waals surface area contributed by atoms with Crippen LogP contribution in [-0.2, 0) is 6.54 Å². The number of para-hydroxylation sites is 1. The summed E-state index contributed by atoms with van der Waals surface area (Å²) in [5, 5.41) is 3.49. The zero-order valence-electron chi connectivity index (χ0n) is 14.1. The standard InChI is InChI=1S/C19H24N4.HI/c1-16-12-17(14-20-13-16)15-21-19(23-10-6-3-7-11-23)22-18-8-4-2-5-9-18;/h2,4-5,8-9,12-14H,3,6-7,10-11,15H2,1H3,(H,21,22);1H. The molecule has 5 heteroatoms. The number of aliphatic imine (C=N–C) groups is 1. The number of aryl methyl sites for hydroxylation is 1. The van der Waals surface area contributed by atoms with Crippen LogP contribution in [0.2, 0.25) is 0 Å². The summed E-state index contributed by atoms with van der Waals surface area (Å²) in [5.74, 6) is 0.970. The van der Waals surface area contributed by atoms with Crippen molar-refractivity contribution in [3.05, 3.63) is 59.9 Å². The number of rotatable bonds is 3. The van der Waals surface area contributed by atoms with Gasteiger partial charge in [-0.2, -0.15) is 0 Å². The van der Waals surface area contributed by atoms with Crippen molar-refractivity contribution in [2.24, 2.45) is 4.99 Å². The highest BCUT2D eigenvalue weighted by Gasteiger charge is 2.15. The van der Waals surface area contributed by atoms with E-state index in [0.717, 1.165) is 30.3 Å². The molecule has 0 bridgehead atoms. The van der Waals surface area contributed by atoms with Crippen molar-refractivity contribution < 1.29 is 0 Å². The van der Waals surface area contributed by atoms with Gasteiger partial charge in [0.25, 0.3) is 0 Å². The molecule has 1 aliphatic rings. The van der Waals surface area contributed by atoms with E-state index in [2.05, 4.69) is 40.3 Å². The average Bonchev–Trinajstić information content (AvgIpc) is 2.60. The van der Waals surface area contributed by atoms with Crippen molar-refractivity contribution in [2.45, 2.75) is 32.7 Å². The average molecular weight is 436 g/mol. The quantitative estimate of drug-likeness (QED) is 0.439. The van der Waals surface area contributed by atoms with E-state index in [1.165, 1.54) is 24.8 Å². The van der Waals surface area contributed by atoms with Gasteiger partial charge in [0.2, 0.25) is 0 Å². The molecule has 24 heavy (non-hydrogen) atoms. The van der Waals surface area contributed by atoms with Crippen molar-refractivity contribution in [1.29, 1.82) is 0 Å². The lowest BCUT2D eigenvalue weighted by Crippen LogP contribution is -2.40. The minimum atomic E-state index is 0. The molecule has 4 nitrogen and oxygen atoms in total. The summed E-state index contributed by atoms with van der Waals surface area (Å²) in [5.41, 5.74) is 3.40. The zero-order chi connectivity index (χ0) is 15.9. The molecule has 0 spiro atoms. The molecule has 1 N–H and O–H groups in total. The molecule has 0 aliphatic carbocycles. The maximum atomic E-state index is 4.85. The van der Waals surface area contributed by atoms with Gasteiger partial charge < -0.3 is 10.2 Å². The molecule has 1 aromatic carbocycles. The Morgan fingerprint density at radius 1 is 1.12 bits per heavy atom. The number of pyridine rings is 1. The molecule has 3 rings (SSSR count). The molecule has 2 aromatic rings. The molecule has 0 atom stereocenters. The Balaban J connectivity index is 0.00000208. The second-order valence-corrected chi connectivity index (χ2v) is 6.05. The molecular formula is C19H25IN4. The van der Waals surface area contributed by atoms with Crippen LogP contribution >= 0.6 is 24.0 Å². The first-order chi connectivity index (χ1) is 11.3. The van der Waals surface area contributed by atoms with Crippen molar-refractivity contribution in [2.75, 3.05) is 18.4 Å². The second kappa shape index (κ2) is 9.61. The number of hydrogen-bond donors (Lipinski definition) is 1. The Labute approximate surface area is 161 Å². The largest absolute Gasteiger partial charge is 0.343 e. The summed E-state index contributed by atoms with van der Waals surface area (Å²) in [6, 6.07) is 12.4. The van der Waals surface area contributed by atoms with Gasteiger partial charge in [0.1, 0.15) is 0 Å². The fourth-order valence-electron chi connectivity index (χ4n) is 2.85. The van der Waals surface area contributed by atoms with Crippen LogP contribution < -0.4 is 5.32 Å². The van der Waals surface area contributed by atoms with E-state index in [1.807, 2.05) is 30.6 Å². The summed E-state index contributed by atoms with van der Waals surface area (Å²) in [6.45, 7) is 4.86. The van der Waals surface area contributed by atoms with Crippen LogP contribution in [0.1, 0.15) is 30.4 Å². The summed E-state index contributed by atoms with van der Waals surface area (Å²) < 4.78 is 0. The van der Waals surface area contributed by atoms with E-state index in [4.69, 9.17) is 4.99 Å². The predicted molar refractivity (Wildman–Crippen MR) is 111 cm³/mol. The minimum absolute atomic E-state index is 0. The van der Waals surface area contributed by atoms with Crippen molar-refractivity contribution >= 4 is 35.6 Å². The molecule has 1 fully saturated rings. The van der Waals surface area contributed by atoms with Crippen LogP contribution in [0, 0.1) is 6.92 Å². The third-order valence-corrected chi connectivity index (χ3v) is 4.03. The Morgan fingerprint density at radius 3 is 2.58 bits per heavy atom. The first kappa shape index (κ1) is 18.7. The minimum Gasteiger partial charge on any atom is -0.343 e. The Morgan fingerprint density at radius 2 is 1.88 bits per heavy atom. The highest BCUT2D eigenvalue weighted by atomic mass is 127. The molecular weight excluding hydrogens is 411 g/mol. The van der Waals surface area contributed by atoms with Gasteiger partial charge in [-0.05, 0) is 49.4 Å². The highest BCUT2D eigenvalue weighted by Crippen LogP contribution is 2.13. The number of piperidine rings is 1. The number of aromatic nitrogens is 1. The highest BCUT2D eigenvalue weighted by molar-refractivity contribution is 14.0. The third kappa shape index (κ3) is 5.47. The first-order valence-electron chi connectivity index (χ1n) is 8.33. The molecule has 128 valence electrons. The van der Waals surface area contributed by atoms with Gasteiger partial charge in [-0.15, -0.1) is 24.0 Å². The van der Waals surface area contributed by atoms with Crippen LogP contribution in [-0.4, -0.2) is 28.9 Å². The number of nitrogens with one attached hydrogen (secondary N) is 1. The molecule has 0 saturated carbocycles. The van der Waals surface area contributed by atoms with Gasteiger partial charge >= 0.3 is 0 Å². The van der Waals surface area contributed by atoms with Crippen molar-refractivity contribution in [3.8, 4) is 0 Å². The first-order valence-corrected chi connectivity index (χ1v) is 8.33. The molecule has 2 heterocycles. The molecule has 1 aromatic heterocycles. The van der Waals surface area contributed by atoms with Crippen LogP contribution in [0.5, 0.6) is 0 Å². The molecule has 1 aliphatic heterocycles.